The third kappa shape index (κ3) is 4.06. The fourth-order valence-corrected chi connectivity index (χ4v) is 4.71. The second kappa shape index (κ2) is 7.88. The maximum Gasteiger partial charge on any atom is 0.328 e. The predicted octanol–water partition coefficient (Wildman–Crippen LogP) is 3.29. The van der Waals surface area contributed by atoms with Crippen molar-refractivity contribution in [3.8, 4) is 0 Å². The molecule has 1 aromatic rings. The molecule has 5 rings (SSSR count). The zero-order chi connectivity index (χ0) is 17.1. The number of nitrogens with zero attached hydrogens (tertiary/aromatic N) is 1. The third-order valence-electron chi connectivity index (χ3n) is 6.24. The van der Waals surface area contributed by atoms with Gasteiger partial charge in [-0.3, -0.25) is 10.2 Å². The highest BCUT2D eigenvalue weighted by Crippen LogP contribution is 2.31. The van der Waals surface area contributed by atoms with Gasteiger partial charge in [0, 0.05) is 12.6 Å². The van der Waals surface area contributed by atoms with E-state index in [1.54, 1.807) is 0 Å². The van der Waals surface area contributed by atoms with E-state index in [0.29, 0.717) is 12.0 Å². The lowest BCUT2D eigenvalue weighted by molar-refractivity contribution is -0.162. The molecule has 25 heavy (non-hydrogen) atoms. The van der Waals surface area contributed by atoms with Crippen LogP contribution in [0.25, 0.3) is 0 Å². The molecule has 3 saturated heterocycles. The van der Waals surface area contributed by atoms with Gasteiger partial charge in [0.15, 0.2) is 0 Å². The molecular formula is C21H30N2O2. The average Bonchev–Trinajstić information content (AvgIpc) is 2.68. The number of ether oxygens (including phenoxy) is 1. The summed E-state index contributed by atoms with van der Waals surface area (Å²) in [5.41, 5.74) is 1.03. The zero-order valence-electron chi connectivity index (χ0n) is 15.0. The minimum absolute atomic E-state index is 0.0781. The largest absolute Gasteiger partial charge is 0.459 e. The van der Waals surface area contributed by atoms with E-state index in [2.05, 4.69) is 10.2 Å². The molecule has 3 aliphatic heterocycles. The summed E-state index contributed by atoms with van der Waals surface area (Å²) in [7, 11) is 0. The van der Waals surface area contributed by atoms with Crippen LogP contribution in [0.4, 0.5) is 0 Å². The van der Waals surface area contributed by atoms with Gasteiger partial charge in [-0.15, -0.1) is 0 Å². The van der Waals surface area contributed by atoms with E-state index in [1.807, 2.05) is 30.3 Å². The quantitative estimate of drug-likeness (QED) is 0.834. The molecule has 0 spiro atoms. The smallest absolute Gasteiger partial charge is 0.328 e. The van der Waals surface area contributed by atoms with Gasteiger partial charge < -0.3 is 4.74 Å². The number of rotatable bonds is 5. The second-order valence-corrected chi connectivity index (χ2v) is 7.96. The molecule has 4 fully saturated rings. The van der Waals surface area contributed by atoms with Crippen LogP contribution in [0.1, 0.15) is 56.6 Å². The van der Waals surface area contributed by atoms with Crippen LogP contribution in [0.5, 0.6) is 0 Å². The van der Waals surface area contributed by atoms with Crippen LogP contribution >= 0.6 is 0 Å². The van der Waals surface area contributed by atoms with Crippen molar-refractivity contribution in [3.05, 3.63) is 35.9 Å². The summed E-state index contributed by atoms with van der Waals surface area (Å²) in [5.74, 6) is 0.468. The van der Waals surface area contributed by atoms with Crippen LogP contribution < -0.4 is 5.32 Å². The van der Waals surface area contributed by atoms with Gasteiger partial charge in [-0.2, -0.15) is 0 Å². The number of carbonyl (C=O) groups is 1. The van der Waals surface area contributed by atoms with Gasteiger partial charge >= 0.3 is 5.97 Å². The Kier molecular flexibility index (Phi) is 5.37. The minimum atomic E-state index is -0.334. The summed E-state index contributed by atoms with van der Waals surface area (Å²) in [6, 6.07) is 10.2. The van der Waals surface area contributed by atoms with Crippen molar-refractivity contribution in [2.45, 2.75) is 63.1 Å². The Balaban J connectivity index is 1.45. The van der Waals surface area contributed by atoms with Gasteiger partial charge in [-0.25, -0.2) is 4.79 Å². The third-order valence-corrected chi connectivity index (χ3v) is 6.24. The number of nitrogens with one attached hydrogen (secondary N) is 1. The Hall–Kier alpha value is -1.39. The Morgan fingerprint density at radius 2 is 1.76 bits per heavy atom. The summed E-state index contributed by atoms with van der Waals surface area (Å²) in [5, 5.41) is 3.62. The van der Waals surface area contributed by atoms with Crippen molar-refractivity contribution in [3.63, 3.8) is 0 Å². The zero-order valence-corrected chi connectivity index (χ0v) is 15.0. The lowest BCUT2D eigenvalue weighted by Gasteiger charge is -2.44. The Labute approximate surface area is 150 Å². The number of esters is 1. The molecule has 1 N–H and O–H groups in total. The van der Waals surface area contributed by atoms with E-state index in [4.69, 9.17) is 4.74 Å². The van der Waals surface area contributed by atoms with Crippen LogP contribution in [0.15, 0.2) is 30.3 Å². The molecule has 1 aliphatic carbocycles. The predicted molar refractivity (Wildman–Crippen MR) is 98.2 cm³/mol. The highest BCUT2D eigenvalue weighted by atomic mass is 16.5. The first-order valence-electron chi connectivity index (χ1n) is 10.0. The van der Waals surface area contributed by atoms with Gasteiger partial charge in [0.25, 0.3) is 0 Å². The van der Waals surface area contributed by atoms with E-state index < -0.39 is 0 Å². The SMILES string of the molecule is O=C(OC1CN2CCC1CC2)C(NC1CCCCC1)c1ccccc1. The van der Waals surface area contributed by atoms with Gasteiger partial charge in [0.2, 0.25) is 0 Å². The number of fused-ring (bicyclic) bond motifs is 3. The molecule has 2 bridgehead atoms. The maximum absolute atomic E-state index is 13.1. The topological polar surface area (TPSA) is 41.6 Å². The van der Waals surface area contributed by atoms with Crippen LogP contribution in [-0.4, -0.2) is 42.6 Å². The van der Waals surface area contributed by atoms with Crippen LogP contribution in [-0.2, 0) is 9.53 Å². The molecule has 4 nitrogen and oxygen atoms in total. The highest BCUT2D eigenvalue weighted by molar-refractivity contribution is 5.78. The standard InChI is InChI=1S/C21H30N2O2/c24-21(25-19-15-23-13-11-16(19)12-14-23)20(17-7-3-1-4-8-17)22-18-9-5-2-6-10-18/h1,3-4,7-8,16,18-20,22H,2,5-6,9-15H2. The fraction of sp³-hybridized carbons (Fsp3) is 0.667. The first kappa shape index (κ1) is 17.0. The van der Waals surface area contributed by atoms with Crippen molar-refractivity contribution in [2.75, 3.05) is 19.6 Å². The molecule has 0 radical (unpaired) electrons. The first-order valence-corrected chi connectivity index (χ1v) is 10.0. The van der Waals surface area contributed by atoms with E-state index in [0.717, 1.165) is 24.9 Å². The molecule has 0 amide bonds. The summed E-state index contributed by atoms with van der Waals surface area (Å²) >= 11 is 0. The van der Waals surface area contributed by atoms with Crippen molar-refractivity contribution < 1.29 is 9.53 Å². The van der Waals surface area contributed by atoms with Crippen molar-refractivity contribution >= 4 is 5.97 Å². The molecule has 3 heterocycles. The first-order chi connectivity index (χ1) is 12.3. The molecule has 0 aromatic heterocycles. The normalized spacial score (nSPS) is 30.8. The van der Waals surface area contributed by atoms with E-state index in [9.17, 15) is 4.79 Å². The molecule has 4 heteroatoms. The Bertz CT molecular complexity index is 563. The Morgan fingerprint density at radius 1 is 1.04 bits per heavy atom. The molecule has 1 aromatic carbocycles. The minimum Gasteiger partial charge on any atom is -0.459 e. The Morgan fingerprint density at radius 3 is 2.40 bits per heavy atom. The molecular weight excluding hydrogens is 312 g/mol. The van der Waals surface area contributed by atoms with Gasteiger partial charge in [-0.1, -0.05) is 49.6 Å². The lowest BCUT2D eigenvalue weighted by Crippen LogP contribution is -2.52. The van der Waals surface area contributed by atoms with Crippen molar-refractivity contribution in [1.82, 2.24) is 10.2 Å². The van der Waals surface area contributed by atoms with E-state index >= 15 is 0 Å². The number of carbonyl (C=O) groups excluding carboxylic acids is 1. The summed E-state index contributed by atoms with van der Waals surface area (Å²) in [6.45, 7) is 3.25. The number of benzene rings is 1. The maximum atomic E-state index is 13.1. The average molecular weight is 342 g/mol. The second-order valence-electron chi connectivity index (χ2n) is 7.96. The van der Waals surface area contributed by atoms with Crippen LogP contribution in [0.2, 0.25) is 0 Å². The van der Waals surface area contributed by atoms with Gasteiger partial charge in [-0.05, 0) is 50.3 Å². The van der Waals surface area contributed by atoms with Gasteiger partial charge in [0.05, 0.1) is 0 Å². The summed E-state index contributed by atoms with van der Waals surface area (Å²) < 4.78 is 6.04. The summed E-state index contributed by atoms with van der Waals surface area (Å²) in [4.78, 5) is 15.5. The molecule has 136 valence electrons. The van der Waals surface area contributed by atoms with E-state index in [-0.39, 0.29) is 18.1 Å². The highest BCUT2D eigenvalue weighted by Gasteiger charge is 2.38. The molecule has 2 atom stereocenters. The van der Waals surface area contributed by atoms with Crippen LogP contribution in [0.3, 0.4) is 0 Å². The summed E-state index contributed by atoms with van der Waals surface area (Å²) in [6.07, 6.45) is 8.58. The van der Waals surface area contributed by atoms with Crippen molar-refractivity contribution in [2.24, 2.45) is 5.92 Å². The molecule has 1 saturated carbocycles. The lowest BCUT2D eigenvalue weighted by atomic mass is 9.86. The van der Waals surface area contributed by atoms with E-state index in [1.165, 1.54) is 45.2 Å². The number of piperidine rings is 3. The van der Waals surface area contributed by atoms with Crippen molar-refractivity contribution in [1.29, 1.82) is 0 Å². The monoisotopic (exact) mass is 342 g/mol. The number of hydrogen-bond donors (Lipinski definition) is 1. The fourth-order valence-electron chi connectivity index (χ4n) is 4.71. The molecule has 2 unspecified atom stereocenters. The van der Waals surface area contributed by atoms with Gasteiger partial charge in [0.1, 0.15) is 12.1 Å². The number of hydrogen-bond acceptors (Lipinski definition) is 4. The molecule has 4 aliphatic rings. The van der Waals surface area contributed by atoms with Crippen LogP contribution in [0, 0.1) is 5.92 Å².